The molecule has 1 fully saturated rings. The van der Waals surface area contributed by atoms with Crippen LogP contribution in [0.25, 0.3) is 0 Å². The summed E-state index contributed by atoms with van der Waals surface area (Å²) in [5.41, 5.74) is 0. The highest BCUT2D eigenvalue weighted by Crippen LogP contribution is 2.24. The normalized spacial score (nSPS) is 18.0. The second-order valence-corrected chi connectivity index (χ2v) is 27.5. The van der Waals surface area contributed by atoms with E-state index in [1.807, 2.05) is 0 Å². The third kappa shape index (κ3) is 54.6. The molecule has 7 atom stereocenters. The van der Waals surface area contributed by atoms with Crippen molar-refractivity contribution in [1.29, 1.82) is 0 Å². The summed E-state index contributed by atoms with van der Waals surface area (Å²) in [5.74, 6) is -0.133. The first-order chi connectivity index (χ1) is 42.3. The zero-order valence-corrected chi connectivity index (χ0v) is 57.6. The molecule has 0 radical (unpaired) electrons. The highest BCUT2D eigenvalue weighted by Gasteiger charge is 2.44. The number of aliphatic hydroxyl groups excluding tert-OH is 5. The monoisotopic (exact) mass is 1220 g/mol. The molecule has 1 rings (SSSR count). The van der Waals surface area contributed by atoms with Crippen LogP contribution in [0.4, 0.5) is 0 Å². The number of hydrogen-bond acceptors (Lipinski definition) is 8. The van der Waals surface area contributed by atoms with E-state index in [0.29, 0.717) is 12.8 Å². The van der Waals surface area contributed by atoms with E-state index in [-0.39, 0.29) is 12.5 Å². The molecular weight excluding hydrogens is 1070 g/mol. The number of amides is 1. The van der Waals surface area contributed by atoms with Crippen molar-refractivity contribution in [2.45, 2.75) is 461 Å². The van der Waals surface area contributed by atoms with Crippen molar-refractivity contribution in [3.63, 3.8) is 0 Å². The van der Waals surface area contributed by atoms with Gasteiger partial charge in [0.15, 0.2) is 6.29 Å². The lowest BCUT2D eigenvalue weighted by atomic mass is 9.99. The number of ether oxygens (including phenoxy) is 2. The summed E-state index contributed by atoms with van der Waals surface area (Å²) in [6, 6.07) is -0.717. The van der Waals surface area contributed by atoms with Crippen LogP contribution in [-0.2, 0) is 14.3 Å². The van der Waals surface area contributed by atoms with Crippen LogP contribution in [0.15, 0.2) is 12.2 Å². The number of carbonyl (C=O) groups is 1. The molecule has 1 amide bonds. The molecule has 86 heavy (non-hydrogen) atoms. The average molecular weight is 1220 g/mol. The molecule has 0 aliphatic carbocycles. The van der Waals surface area contributed by atoms with E-state index in [4.69, 9.17) is 9.47 Å². The van der Waals surface area contributed by atoms with E-state index in [2.05, 4.69) is 31.3 Å². The SMILES string of the molecule is CCCCCCCCCC/C=C\CCCCCCCCCCCCCCCCCCCCCCCCCCCC(=O)NC(COC1OC(CO)C(O)C(O)C1O)C(O)CCCCCCCCCCCCCCCCCCCCCCCCCCCC. The predicted octanol–water partition coefficient (Wildman–Crippen LogP) is 21.8. The van der Waals surface area contributed by atoms with Crippen molar-refractivity contribution in [3.05, 3.63) is 12.2 Å². The summed E-state index contributed by atoms with van der Waals surface area (Å²) in [5, 5.41) is 55.0. The maximum absolute atomic E-state index is 13.2. The van der Waals surface area contributed by atoms with Gasteiger partial charge in [0.05, 0.1) is 25.4 Å². The lowest BCUT2D eigenvalue weighted by Crippen LogP contribution is -2.60. The number of aliphatic hydroxyl groups is 5. The molecule has 9 nitrogen and oxygen atoms in total. The van der Waals surface area contributed by atoms with Crippen LogP contribution in [0.5, 0.6) is 0 Å². The molecule has 0 aromatic rings. The molecule has 1 saturated heterocycles. The van der Waals surface area contributed by atoms with E-state index >= 15 is 0 Å². The average Bonchev–Trinajstić information content (AvgIpc) is 2.44. The van der Waals surface area contributed by atoms with Crippen LogP contribution in [0.2, 0.25) is 0 Å². The first-order valence-corrected chi connectivity index (χ1v) is 38.9. The van der Waals surface area contributed by atoms with Crippen LogP contribution in [0, 0.1) is 0 Å². The second kappa shape index (κ2) is 66.8. The zero-order chi connectivity index (χ0) is 62.1. The van der Waals surface area contributed by atoms with Gasteiger partial charge in [0, 0.05) is 6.42 Å². The van der Waals surface area contributed by atoms with Crippen molar-refractivity contribution in [1.82, 2.24) is 5.32 Å². The molecule has 1 heterocycles. The van der Waals surface area contributed by atoms with E-state index < -0.39 is 49.5 Å². The number of unbranched alkanes of at least 4 members (excludes halogenated alkanes) is 58. The first kappa shape index (κ1) is 82.9. The molecule has 9 heteroatoms. The first-order valence-electron chi connectivity index (χ1n) is 38.9. The summed E-state index contributed by atoms with van der Waals surface area (Å²) >= 11 is 0. The van der Waals surface area contributed by atoms with Gasteiger partial charge in [0.25, 0.3) is 0 Å². The van der Waals surface area contributed by atoms with Crippen LogP contribution < -0.4 is 5.32 Å². The molecule has 512 valence electrons. The minimum Gasteiger partial charge on any atom is -0.394 e. The lowest BCUT2D eigenvalue weighted by Gasteiger charge is -2.40. The molecule has 0 aromatic heterocycles. The Hall–Kier alpha value is -1.07. The number of hydrogen-bond donors (Lipinski definition) is 6. The van der Waals surface area contributed by atoms with Gasteiger partial charge in [-0.05, 0) is 38.5 Å². The van der Waals surface area contributed by atoms with Crippen LogP contribution >= 0.6 is 0 Å². The largest absolute Gasteiger partial charge is 0.394 e. The summed E-state index contributed by atoms with van der Waals surface area (Å²) in [6.07, 6.45) is 80.3. The highest BCUT2D eigenvalue weighted by atomic mass is 16.7. The summed E-state index contributed by atoms with van der Waals surface area (Å²) in [4.78, 5) is 13.2. The Morgan fingerprint density at radius 3 is 0.942 bits per heavy atom. The van der Waals surface area contributed by atoms with Crippen LogP contribution in [0.3, 0.4) is 0 Å². The molecule has 0 aromatic carbocycles. The number of rotatable bonds is 70. The quantitative estimate of drug-likeness (QED) is 0.0261. The maximum atomic E-state index is 13.2. The van der Waals surface area contributed by atoms with E-state index in [1.165, 1.54) is 353 Å². The Kier molecular flexibility index (Phi) is 64.5. The van der Waals surface area contributed by atoms with Gasteiger partial charge in [-0.3, -0.25) is 4.79 Å². The van der Waals surface area contributed by atoms with E-state index in [1.54, 1.807) is 0 Å². The van der Waals surface area contributed by atoms with Gasteiger partial charge in [-0.25, -0.2) is 0 Å². The van der Waals surface area contributed by atoms with Crippen LogP contribution in [0.1, 0.15) is 418 Å². The minimum absolute atomic E-state index is 0.131. The molecule has 0 bridgehead atoms. The smallest absolute Gasteiger partial charge is 0.220 e. The fourth-order valence-corrected chi connectivity index (χ4v) is 13.0. The number of allylic oxidation sites excluding steroid dienone is 2. The van der Waals surface area contributed by atoms with E-state index in [9.17, 15) is 30.3 Å². The van der Waals surface area contributed by atoms with Crippen molar-refractivity contribution >= 4 is 5.91 Å². The van der Waals surface area contributed by atoms with Crippen molar-refractivity contribution in [3.8, 4) is 0 Å². The van der Waals surface area contributed by atoms with Crippen molar-refractivity contribution < 1.29 is 39.8 Å². The summed E-state index contributed by atoms with van der Waals surface area (Å²) < 4.78 is 11.4. The van der Waals surface area contributed by atoms with Crippen LogP contribution in [-0.4, -0.2) is 87.5 Å². The lowest BCUT2D eigenvalue weighted by molar-refractivity contribution is -0.302. The van der Waals surface area contributed by atoms with Gasteiger partial charge in [-0.2, -0.15) is 0 Å². The third-order valence-corrected chi connectivity index (χ3v) is 19.1. The highest BCUT2D eigenvalue weighted by molar-refractivity contribution is 5.76. The molecule has 1 aliphatic rings. The fourth-order valence-electron chi connectivity index (χ4n) is 13.0. The Morgan fingerprint density at radius 2 is 0.651 bits per heavy atom. The molecule has 7 unspecified atom stereocenters. The minimum atomic E-state index is -1.55. The molecule has 1 aliphatic heterocycles. The maximum Gasteiger partial charge on any atom is 0.220 e. The molecule has 0 spiro atoms. The summed E-state index contributed by atoms with van der Waals surface area (Å²) in [6.45, 7) is 3.91. The Balaban J connectivity index is 2.04. The Morgan fingerprint density at radius 1 is 0.384 bits per heavy atom. The van der Waals surface area contributed by atoms with Gasteiger partial charge in [0.2, 0.25) is 5.91 Å². The standard InChI is InChI=1S/C77H151NO8/c1-3-5-7-9-11-13-15-17-19-21-23-25-27-29-31-32-33-34-35-36-37-38-39-40-41-43-45-47-49-51-53-55-57-59-61-63-65-67-73(81)78-70(69-85-77-76(84)75(83)74(82)72(68-79)86-77)71(80)66-64-62-60-58-56-54-52-50-48-46-44-42-30-28-26-24-22-20-18-16-14-12-10-8-6-4-2/h21,23,70-72,74-77,79-80,82-84H,3-20,22,24-69H2,1-2H3,(H,78,81)/b23-21-. The van der Waals surface area contributed by atoms with E-state index in [0.717, 1.165) is 38.5 Å². The number of carbonyl (C=O) groups excluding carboxylic acids is 1. The van der Waals surface area contributed by atoms with Gasteiger partial charge in [0.1, 0.15) is 24.4 Å². The molecule has 6 N–H and O–H groups in total. The molecular formula is C77H151NO8. The van der Waals surface area contributed by atoms with Crippen molar-refractivity contribution in [2.24, 2.45) is 0 Å². The summed E-state index contributed by atoms with van der Waals surface area (Å²) in [7, 11) is 0. The number of nitrogens with one attached hydrogen (secondary N) is 1. The third-order valence-electron chi connectivity index (χ3n) is 19.1. The van der Waals surface area contributed by atoms with Crippen molar-refractivity contribution in [2.75, 3.05) is 13.2 Å². The van der Waals surface area contributed by atoms with Gasteiger partial charge < -0.3 is 40.3 Å². The van der Waals surface area contributed by atoms with Gasteiger partial charge in [-0.15, -0.1) is 0 Å². The fraction of sp³-hybridized carbons (Fsp3) is 0.961. The Bertz CT molecular complexity index is 1360. The Labute approximate surface area is 535 Å². The van der Waals surface area contributed by atoms with Gasteiger partial charge in [-0.1, -0.05) is 386 Å². The topological polar surface area (TPSA) is 149 Å². The second-order valence-electron chi connectivity index (χ2n) is 27.5. The molecule has 0 saturated carbocycles. The van der Waals surface area contributed by atoms with Gasteiger partial charge >= 0.3 is 0 Å². The predicted molar refractivity (Wildman–Crippen MR) is 369 cm³/mol. The zero-order valence-electron chi connectivity index (χ0n) is 57.6.